The smallest absolute Gasteiger partial charge is 0.317 e. The average molecular weight is 243 g/mol. The van der Waals surface area contributed by atoms with Crippen molar-refractivity contribution >= 4 is 17.7 Å². The van der Waals surface area contributed by atoms with Crippen LogP contribution in [0, 0.1) is 5.41 Å². The Labute approximate surface area is 102 Å². The Morgan fingerprint density at radius 1 is 1.69 bits per heavy atom. The number of hydrogen-bond acceptors (Lipinski definition) is 3. The second kappa shape index (κ2) is 5.73. The largest absolute Gasteiger partial charge is 0.480 e. The van der Waals surface area contributed by atoms with Crippen LogP contribution in [0.15, 0.2) is 12.7 Å². The number of carbonyl (C=O) groups is 1. The number of carboxylic acids is 1. The van der Waals surface area contributed by atoms with Crippen LogP contribution in [0.5, 0.6) is 0 Å². The highest BCUT2D eigenvalue weighted by Gasteiger charge is 2.36. The molecule has 0 saturated carbocycles. The van der Waals surface area contributed by atoms with E-state index >= 15 is 0 Å². The van der Waals surface area contributed by atoms with Gasteiger partial charge in [0.15, 0.2) is 0 Å². The van der Waals surface area contributed by atoms with Crippen LogP contribution in [0.25, 0.3) is 0 Å². The van der Waals surface area contributed by atoms with Gasteiger partial charge in [0.2, 0.25) is 0 Å². The van der Waals surface area contributed by atoms with Gasteiger partial charge in [-0.1, -0.05) is 19.9 Å². The van der Waals surface area contributed by atoms with E-state index in [1.54, 1.807) is 6.08 Å². The minimum absolute atomic E-state index is 0.112. The molecular formula is C12H21NO2S. The number of aliphatic carboxylic acids is 1. The summed E-state index contributed by atoms with van der Waals surface area (Å²) in [6, 6.07) is 0.334. The fourth-order valence-corrected chi connectivity index (χ4v) is 3.89. The second-order valence-corrected chi connectivity index (χ2v) is 6.09. The van der Waals surface area contributed by atoms with Crippen molar-refractivity contribution in [1.29, 1.82) is 0 Å². The zero-order chi connectivity index (χ0) is 12.2. The molecule has 1 saturated heterocycles. The molecule has 1 fully saturated rings. The minimum atomic E-state index is -0.756. The summed E-state index contributed by atoms with van der Waals surface area (Å²) >= 11 is 1.92. The number of carboxylic acid groups (broad SMARTS) is 1. The number of nitrogens with zero attached hydrogens (tertiary/aromatic N) is 1. The molecule has 1 aliphatic heterocycles. The first-order valence-corrected chi connectivity index (χ1v) is 6.77. The second-order valence-electron chi connectivity index (χ2n) is 4.94. The minimum Gasteiger partial charge on any atom is -0.480 e. The molecule has 0 aliphatic carbocycles. The number of rotatable bonds is 5. The molecule has 0 radical (unpaired) electrons. The van der Waals surface area contributed by atoms with E-state index in [9.17, 15) is 4.79 Å². The molecule has 1 atom stereocenters. The average Bonchev–Trinajstić information content (AvgIpc) is 2.15. The Kier molecular flexibility index (Phi) is 4.87. The van der Waals surface area contributed by atoms with Gasteiger partial charge in [-0.05, 0) is 17.6 Å². The maximum Gasteiger partial charge on any atom is 0.317 e. The van der Waals surface area contributed by atoms with Crippen molar-refractivity contribution in [2.45, 2.75) is 26.3 Å². The van der Waals surface area contributed by atoms with Crippen molar-refractivity contribution in [3.8, 4) is 0 Å². The van der Waals surface area contributed by atoms with Crippen molar-refractivity contribution < 1.29 is 9.90 Å². The lowest BCUT2D eigenvalue weighted by Gasteiger charge is -2.44. The molecule has 3 nitrogen and oxygen atoms in total. The van der Waals surface area contributed by atoms with E-state index in [2.05, 4.69) is 20.4 Å². The summed E-state index contributed by atoms with van der Waals surface area (Å²) in [4.78, 5) is 12.9. The van der Waals surface area contributed by atoms with E-state index in [-0.39, 0.29) is 12.0 Å². The lowest BCUT2D eigenvalue weighted by atomic mass is 9.81. The van der Waals surface area contributed by atoms with Crippen LogP contribution >= 0.6 is 11.8 Å². The summed E-state index contributed by atoms with van der Waals surface area (Å²) in [6.45, 7) is 8.94. The predicted molar refractivity (Wildman–Crippen MR) is 68.9 cm³/mol. The zero-order valence-electron chi connectivity index (χ0n) is 10.1. The predicted octanol–water partition coefficient (Wildman–Crippen LogP) is 2.09. The van der Waals surface area contributed by atoms with Gasteiger partial charge in [0.05, 0.1) is 6.54 Å². The first kappa shape index (κ1) is 13.6. The van der Waals surface area contributed by atoms with E-state index in [4.69, 9.17) is 5.11 Å². The molecule has 0 aromatic rings. The van der Waals surface area contributed by atoms with E-state index in [0.717, 1.165) is 12.2 Å². The van der Waals surface area contributed by atoms with Crippen LogP contribution in [0.3, 0.4) is 0 Å². The molecule has 0 amide bonds. The van der Waals surface area contributed by atoms with Crippen molar-refractivity contribution in [3.05, 3.63) is 12.7 Å². The standard InChI is InChI=1S/C12H21NO2S/c1-4-6-13(8-11(14)15)10-9-16-7-5-12(10,2)3/h4,10H,1,5-9H2,2-3H3,(H,14,15). The van der Waals surface area contributed by atoms with Crippen LogP contribution in [0.2, 0.25) is 0 Å². The van der Waals surface area contributed by atoms with Crippen molar-refractivity contribution in [2.24, 2.45) is 5.41 Å². The highest BCUT2D eigenvalue weighted by molar-refractivity contribution is 7.99. The van der Waals surface area contributed by atoms with Crippen LogP contribution in [-0.2, 0) is 4.79 Å². The lowest BCUT2D eigenvalue weighted by molar-refractivity contribution is -0.139. The topological polar surface area (TPSA) is 40.5 Å². The summed E-state index contributed by atoms with van der Waals surface area (Å²) < 4.78 is 0. The van der Waals surface area contributed by atoms with Gasteiger partial charge in [-0.2, -0.15) is 11.8 Å². The zero-order valence-corrected chi connectivity index (χ0v) is 10.9. The molecule has 1 unspecified atom stereocenters. The third kappa shape index (κ3) is 3.52. The Balaban J connectivity index is 2.74. The van der Waals surface area contributed by atoms with Gasteiger partial charge in [0.1, 0.15) is 0 Å². The van der Waals surface area contributed by atoms with Gasteiger partial charge in [0, 0.05) is 18.3 Å². The lowest BCUT2D eigenvalue weighted by Crippen LogP contribution is -2.51. The molecule has 16 heavy (non-hydrogen) atoms. The Morgan fingerprint density at radius 2 is 2.38 bits per heavy atom. The SMILES string of the molecule is C=CCN(CC(=O)O)C1CSCCC1(C)C. The maximum absolute atomic E-state index is 10.9. The Morgan fingerprint density at radius 3 is 2.88 bits per heavy atom. The monoisotopic (exact) mass is 243 g/mol. The number of thioether (sulfide) groups is 1. The van der Waals surface area contributed by atoms with E-state index < -0.39 is 5.97 Å². The van der Waals surface area contributed by atoms with Gasteiger partial charge in [0.25, 0.3) is 0 Å². The first-order chi connectivity index (χ1) is 7.47. The van der Waals surface area contributed by atoms with Gasteiger partial charge >= 0.3 is 5.97 Å². The summed E-state index contributed by atoms with van der Waals surface area (Å²) in [5.74, 6) is 1.44. The van der Waals surface area contributed by atoms with E-state index in [1.807, 2.05) is 16.7 Å². The molecule has 1 aliphatic rings. The quantitative estimate of drug-likeness (QED) is 0.751. The molecule has 4 heteroatoms. The molecule has 1 N–H and O–H groups in total. The van der Waals surface area contributed by atoms with Crippen LogP contribution in [0.4, 0.5) is 0 Å². The maximum atomic E-state index is 10.9. The molecule has 0 bridgehead atoms. The first-order valence-electron chi connectivity index (χ1n) is 5.62. The molecular weight excluding hydrogens is 222 g/mol. The van der Waals surface area contributed by atoms with Crippen molar-refractivity contribution in [3.63, 3.8) is 0 Å². The van der Waals surface area contributed by atoms with E-state index in [0.29, 0.717) is 12.6 Å². The normalized spacial score (nSPS) is 24.3. The Bertz CT molecular complexity index is 266. The van der Waals surface area contributed by atoms with Gasteiger partial charge in [-0.3, -0.25) is 9.69 Å². The molecule has 0 aromatic carbocycles. The van der Waals surface area contributed by atoms with Gasteiger partial charge in [-0.15, -0.1) is 6.58 Å². The number of hydrogen-bond donors (Lipinski definition) is 1. The highest BCUT2D eigenvalue weighted by atomic mass is 32.2. The molecule has 1 rings (SSSR count). The van der Waals surface area contributed by atoms with Crippen molar-refractivity contribution in [1.82, 2.24) is 4.90 Å². The summed E-state index contributed by atoms with van der Waals surface area (Å²) in [5.41, 5.74) is 0.198. The third-order valence-electron chi connectivity index (χ3n) is 3.21. The third-order valence-corrected chi connectivity index (χ3v) is 4.26. The fourth-order valence-electron chi connectivity index (χ4n) is 2.16. The molecule has 0 aromatic heterocycles. The summed E-state index contributed by atoms with van der Waals surface area (Å²) in [7, 11) is 0. The summed E-state index contributed by atoms with van der Waals surface area (Å²) in [5, 5.41) is 8.93. The van der Waals surface area contributed by atoms with Gasteiger partial charge < -0.3 is 5.11 Å². The molecule has 1 heterocycles. The fraction of sp³-hybridized carbons (Fsp3) is 0.750. The van der Waals surface area contributed by atoms with Crippen LogP contribution < -0.4 is 0 Å². The summed E-state index contributed by atoms with van der Waals surface area (Å²) in [6.07, 6.45) is 2.94. The van der Waals surface area contributed by atoms with Crippen LogP contribution in [0.1, 0.15) is 20.3 Å². The van der Waals surface area contributed by atoms with Gasteiger partial charge in [-0.25, -0.2) is 0 Å². The Hall–Kier alpha value is -0.480. The molecule has 92 valence electrons. The van der Waals surface area contributed by atoms with Crippen molar-refractivity contribution in [2.75, 3.05) is 24.6 Å². The highest BCUT2D eigenvalue weighted by Crippen LogP contribution is 2.37. The van der Waals surface area contributed by atoms with E-state index in [1.165, 1.54) is 5.75 Å². The molecule has 0 spiro atoms. The van der Waals surface area contributed by atoms with Crippen LogP contribution in [-0.4, -0.2) is 46.6 Å².